The van der Waals surface area contributed by atoms with Crippen LogP contribution in [-0.4, -0.2) is 36.4 Å². The molecule has 1 aromatic heterocycles. The fourth-order valence-corrected chi connectivity index (χ4v) is 5.31. The Morgan fingerprint density at radius 1 is 1.03 bits per heavy atom. The number of sulfonamides is 1. The Bertz CT molecular complexity index is 1210. The second-order valence-corrected chi connectivity index (χ2v) is 11.1. The topological polar surface area (TPSA) is 84.3 Å². The number of benzene rings is 2. The molecule has 4 rings (SSSR count). The molecule has 1 fully saturated rings. The largest absolute Gasteiger partial charge is 0.307 e. The molecule has 2 aromatic carbocycles. The SMILES string of the molecule is CC(C)(C)c1ccc(Cn2nccc2NC(=O)c2ccc(N3CCCS3(=O)=O)cc2)cc1. The minimum atomic E-state index is -3.24. The summed E-state index contributed by atoms with van der Waals surface area (Å²) in [6, 6.07) is 16.8. The van der Waals surface area contributed by atoms with Gasteiger partial charge in [0.1, 0.15) is 5.82 Å². The van der Waals surface area contributed by atoms with Gasteiger partial charge in [0.2, 0.25) is 10.0 Å². The Morgan fingerprint density at radius 2 is 1.72 bits per heavy atom. The summed E-state index contributed by atoms with van der Waals surface area (Å²) in [5.74, 6) is 0.491. The predicted octanol–water partition coefficient (Wildman–Crippen LogP) is 4.02. The van der Waals surface area contributed by atoms with E-state index in [9.17, 15) is 13.2 Å². The number of amides is 1. The van der Waals surface area contributed by atoms with Gasteiger partial charge in [0.05, 0.1) is 24.2 Å². The molecule has 1 amide bonds. The van der Waals surface area contributed by atoms with Crippen LogP contribution < -0.4 is 9.62 Å². The minimum absolute atomic E-state index is 0.0951. The van der Waals surface area contributed by atoms with Gasteiger partial charge >= 0.3 is 0 Å². The maximum atomic E-state index is 12.7. The van der Waals surface area contributed by atoms with E-state index in [0.29, 0.717) is 36.6 Å². The lowest BCUT2D eigenvalue weighted by Gasteiger charge is -2.19. The van der Waals surface area contributed by atoms with Crippen molar-refractivity contribution in [3.05, 3.63) is 77.5 Å². The van der Waals surface area contributed by atoms with E-state index in [4.69, 9.17) is 0 Å². The smallest absolute Gasteiger partial charge is 0.256 e. The van der Waals surface area contributed by atoms with Crippen LogP contribution in [0.1, 0.15) is 48.7 Å². The highest BCUT2D eigenvalue weighted by molar-refractivity contribution is 7.93. The number of carbonyl (C=O) groups is 1. The molecule has 0 spiro atoms. The van der Waals surface area contributed by atoms with Crippen LogP contribution in [0.2, 0.25) is 0 Å². The van der Waals surface area contributed by atoms with Gasteiger partial charge in [-0.25, -0.2) is 13.1 Å². The second-order valence-electron chi connectivity index (χ2n) is 9.06. The van der Waals surface area contributed by atoms with Crippen molar-refractivity contribution in [3.63, 3.8) is 0 Å². The van der Waals surface area contributed by atoms with E-state index in [1.54, 1.807) is 41.2 Å². The quantitative estimate of drug-likeness (QED) is 0.634. The first-order valence-electron chi connectivity index (χ1n) is 10.7. The third-order valence-electron chi connectivity index (χ3n) is 5.63. The molecule has 0 bridgehead atoms. The van der Waals surface area contributed by atoms with Gasteiger partial charge in [0, 0.05) is 18.2 Å². The van der Waals surface area contributed by atoms with Gasteiger partial charge in [-0.15, -0.1) is 0 Å². The van der Waals surface area contributed by atoms with Gasteiger partial charge in [-0.3, -0.25) is 9.10 Å². The maximum Gasteiger partial charge on any atom is 0.256 e. The molecular weight excluding hydrogens is 424 g/mol. The van der Waals surface area contributed by atoms with Crippen LogP contribution in [0.3, 0.4) is 0 Å². The van der Waals surface area contributed by atoms with Crippen molar-refractivity contribution >= 4 is 27.4 Å². The van der Waals surface area contributed by atoms with Crippen LogP contribution in [0.4, 0.5) is 11.5 Å². The van der Waals surface area contributed by atoms with Crippen LogP contribution in [0.15, 0.2) is 60.8 Å². The molecule has 7 nitrogen and oxygen atoms in total. The lowest BCUT2D eigenvalue weighted by Crippen LogP contribution is -2.25. The number of carbonyl (C=O) groups excluding carboxylic acids is 1. The summed E-state index contributed by atoms with van der Waals surface area (Å²) >= 11 is 0. The Balaban J connectivity index is 1.44. The number of nitrogens with zero attached hydrogens (tertiary/aromatic N) is 3. The van der Waals surface area contributed by atoms with E-state index in [0.717, 1.165) is 5.56 Å². The third-order valence-corrected chi connectivity index (χ3v) is 7.50. The monoisotopic (exact) mass is 452 g/mol. The van der Waals surface area contributed by atoms with Gasteiger partial charge in [0.15, 0.2) is 0 Å². The zero-order chi connectivity index (χ0) is 22.9. The number of anilines is 2. The van der Waals surface area contributed by atoms with E-state index >= 15 is 0 Å². The molecule has 32 heavy (non-hydrogen) atoms. The molecule has 0 unspecified atom stereocenters. The molecule has 0 radical (unpaired) electrons. The molecular formula is C24H28N4O3S. The lowest BCUT2D eigenvalue weighted by atomic mass is 9.87. The second kappa shape index (κ2) is 8.43. The van der Waals surface area contributed by atoms with E-state index in [1.807, 2.05) is 0 Å². The summed E-state index contributed by atoms with van der Waals surface area (Å²) in [6.45, 7) is 7.56. The van der Waals surface area contributed by atoms with Crippen molar-refractivity contribution in [1.82, 2.24) is 9.78 Å². The lowest BCUT2D eigenvalue weighted by molar-refractivity contribution is 0.102. The molecule has 1 saturated heterocycles. The molecule has 2 heterocycles. The first-order chi connectivity index (χ1) is 15.1. The number of hydrogen-bond donors (Lipinski definition) is 1. The summed E-state index contributed by atoms with van der Waals surface area (Å²) in [5.41, 5.74) is 3.49. The molecule has 0 atom stereocenters. The molecule has 1 aliphatic rings. The van der Waals surface area contributed by atoms with Crippen molar-refractivity contribution < 1.29 is 13.2 Å². The molecule has 3 aromatic rings. The first kappa shape index (κ1) is 22.1. The Morgan fingerprint density at radius 3 is 2.31 bits per heavy atom. The van der Waals surface area contributed by atoms with Crippen LogP contribution in [0, 0.1) is 0 Å². The zero-order valence-electron chi connectivity index (χ0n) is 18.6. The summed E-state index contributed by atoms with van der Waals surface area (Å²) in [4.78, 5) is 12.7. The molecule has 168 valence electrons. The minimum Gasteiger partial charge on any atom is -0.307 e. The van der Waals surface area contributed by atoms with Gasteiger partial charge in [0.25, 0.3) is 5.91 Å². The van der Waals surface area contributed by atoms with Crippen LogP contribution in [-0.2, 0) is 22.0 Å². The summed E-state index contributed by atoms with van der Waals surface area (Å²) < 4.78 is 27.3. The Kier molecular flexibility index (Phi) is 5.81. The molecule has 0 aliphatic carbocycles. The third kappa shape index (κ3) is 4.70. The highest BCUT2D eigenvalue weighted by atomic mass is 32.2. The van der Waals surface area contributed by atoms with Gasteiger partial charge in [-0.2, -0.15) is 5.10 Å². The molecule has 1 aliphatic heterocycles. The van der Waals surface area contributed by atoms with Crippen molar-refractivity contribution in [2.24, 2.45) is 0 Å². The van der Waals surface area contributed by atoms with Crippen LogP contribution in [0.25, 0.3) is 0 Å². The Hall–Kier alpha value is -3.13. The standard InChI is InChI=1S/C24H28N4O3S/c1-24(2,3)20-9-5-18(6-10-20)17-27-22(13-14-25-27)26-23(29)19-7-11-21(12-8-19)28-15-4-16-32(28,30)31/h5-14H,4,15-17H2,1-3H3,(H,26,29). The summed E-state index contributed by atoms with van der Waals surface area (Å²) in [5, 5.41) is 7.24. The highest BCUT2D eigenvalue weighted by Crippen LogP contribution is 2.25. The van der Waals surface area contributed by atoms with E-state index in [1.165, 1.54) is 9.87 Å². The molecule has 0 saturated carbocycles. The average molecular weight is 453 g/mol. The van der Waals surface area contributed by atoms with Crippen LogP contribution >= 0.6 is 0 Å². The number of hydrogen-bond acceptors (Lipinski definition) is 4. The van der Waals surface area contributed by atoms with Crippen LogP contribution in [0.5, 0.6) is 0 Å². The molecule has 8 heteroatoms. The first-order valence-corrected chi connectivity index (χ1v) is 12.3. The summed E-state index contributed by atoms with van der Waals surface area (Å²) in [7, 11) is -3.24. The van der Waals surface area contributed by atoms with Gasteiger partial charge < -0.3 is 5.32 Å². The van der Waals surface area contributed by atoms with E-state index < -0.39 is 10.0 Å². The maximum absolute atomic E-state index is 12.7. The predicted molar refractivity (Wildman–Crippen MR) is 127 cm³/mol. The fraction of sp³-hybridized carbons (Fsp3) is 0.333. The highest BCUT2D eigenvalue weighted by Gasteiger charge is 2.28. The van der Waals surface area contributed by atoms with Crippen molar-refractivity contribution in [3.8, 4) is 0 Å². The van der Waals surface area contributed by atoms with Crippen molar-refractivity contribution in [2.75, 3.05) is 21.9 Å². The van der Waals surface area contributed by atoms with Gasteiger partial charge in [-0.05, 0) is 47.2 Å². The van der Waals surface area contributed by atoms with Gasteiger partial charge in [-0.1, -0.05) is 45.0 Å². The van der Waals surface area contributed by atoms with E-state index in [2.05, 4.69) is 55.5 Å². The summed E-state index contributed by atoms with van der Waals surface area (Å²) in [6.07, 6.45) is 2.27. The fourth-order valence-electron chi connectivity index (χ4n) is 3.75. The number of rotatable bonds is 5. The zero-order valence-corrected chi connectivity index (χ0v) is 19.4. The van der Waals surface area contributed by atoms with Crippen molar-refractivity contribution in [1.29, 1.82) is 0 Å². The number of aromatic nitrogens is 2. The normalized spacial score (nSPS) is 15.7. The molecule has 1 N–H and O–H groups in total. The van der Waals surface area contributed by atoms with Crippen molar-refractivity contribution in [2.45, 2.75) is 39.2 Å². The number of nitrogens with one attached hydrogen (secondary N) is 1. The van der Waals surface area contributed by atoms with E-state index in [-0.39, 0.29) is 17.1 Å². The average Bonchev–Trinajstić information content (AvgIpc) is 3.33. The Labute approximate surface area is 189 Å².